The van der Waals surface area contributed by atoms with E-state index in [2.05, 4.69) is 11.8 Å². The third-order valence-corrected chi connectivity index (χ3v) is 5.63. The van der Waals surface area contributed by atoms with Crippen molar-refractivity contribution in [3.05, 3.63) is 82.9 Å². The number of carboxylic acid groups (broad SMARTS) is 1. The number of aliphatic carboxylic acids is 1. The number of carbonyl (C=O) groups is 1. The molecule has 0 spiro atoms. The van der Waals surface area contributed by atoms with Crippen LogP contribution in [0.1, 0.15) is 35.6 Å². The third-order valence-electron chi connectivity index (χ3n) is 5.63. The highest BCUT2D eigenvalue weighted by Gasteiger charge is 2.30. The number of anilines is 1. The number of ether oxygens (including phenoxy) is 1. The van der Waals surface area contributed by atoms with Crippen LogP contribution < -0.4 is 9.64 Å². The van der Waals surface area contributed by atoms with E-state index < -0.39 is 24.3 Å². The van der Waals surface area contributed by atoms with Crippen LogP contribution in [0.4, 0.5) is 18.9 Å². The Bertz CT molecular complexity index is 1140. The fourth-order valence-electron chi connectivity index (χ4n) is 4.00. The van der Waals surface area contributed by atoms with Gasteiger partial charge in [-0.1, -0.05) is 43.3 Å². The maximum Gasteiger partial charge on any atom is 0.416 e. The second-order valence-electron chi connectivity index (χ2n) is 8.23. The van der Waals surface area contributed by atoms with Crippen LogP contribution in [-0.2, 0) is 17.5 Å². The zero-order valence-corrected chi connectivity index (χ0v) is 19.4. The van der Waals surface area contributed by atoms with E-state index in [4.69, 9.17) is 9.84 Å². The number of carboxylic acids is 1. The zero-order chi connectivity index (χ0) is 24.9. The summed E-state index contributed by atoms with van der Waals surface area (Å²) in [5.41, 5.74) is 4.87. The molecule has 0 fully saturated rings. The first-order valence-electron chi connectivity index (χ1n) is 11.1. The second kappa shape index (κ2) is 10.6. The SMILES string of the molecule is CCCN(Cc1ccc(OCC(=O)O)c(C)c1)c1cccc(-c2ccc(C(F)(F)F)cc2)c1C. The van der Waals surface area contributed by atoms with Crippen molar-refractivity contribution in [1.82, 2.24) is 0 Å². The van der Waals surface area contributed by atoms with Crippen molar-refractivity contribution in [3.63, 3.8) is 0 Å². The standard InChI is InChI=1S/C27H28F3NO3/c1-4-14-31(16-20-8-13-25(18(2)15-20)34-17-26(32)33)24-7-5-6-23(19(24)3)21-9-11-22(12-10-21)27(28,29)30/h5-13,15H,4,14,16-17H2,1-3H3,(H,32,33). The normalized spacial score (nSPS) is 11.4. The van der Waals surface area contributed by atoms with Crippen LogP contribution in [0.2, 0.25) is 0 Å². The topological polar surface area (TPSA) is 49.8 Å². The molecular weight excluding hydrogens is 443 g/mol. The summed E-state index contributed by atoms with van der Waals surface area (Å²) in [7, 11) is 0. The average Bonchev–Trinajstić information content (AvgIpc) is 2.78. The van der Waals surface area contributed by atoms with Crippen molar-refractivity contribution in [2.24, 2.45) is 0 Å². The summed E-state index contributed by atoms with van der Waals surface area (Å²) >= 11 is 0. The molecule has 0 heterocycles. The van der Waals surface area contributed by atoms with Gasteiger partial charge in [0, 0.05) is 18.8 Å². The molecule has 0 saturated carbocycles. The largest absolute Gasteiger partial charge is 0.482 e. The van der Waals surface area contributed by atoms with Crippen molar-refractivity contribution >= 4 is 11.7 Å². The van der Waals surface area contributed by atoms with Crippen molar-refractivity contribution in [2.45, 2.75) is 39.9 Å². The Morgan fingerprint density at radius 1 is 1.03 bits per heavy atom. The molecule has 0 aliphatic carbocycles. The van der Waals surface area contributed by atoms with E-state index in [0.717, 1.165) is 58.6 Å². The maximum atomic E-state index is 13.0. The number of hydrogen-bond acceptors (Lipinski definition) is 3. The van der Waals surface area contributed by atoms with Crippen molar-refractivity contribution in [3.8, 4) is 16.9 Å². The Balaban J connectivity index is 1.88. The molecule has 0 amide bonds. The van der Waals surface area contributed by atoms with Crippen molar-refractivity contribution < 1.29 is 27.8 Å². The van der Waals surface area contributed by atoms with Gasteiger partial charge in [0.15, 0.2) is 6.61 Å². The second-order valence-corrected chi connectivity index (χ2v) is 8.23. The molecule has 0 radical (unpaired) electrons. The van der Waals surface area contributed by atoms with Crippen LogP contribution in [0.3, 0.4) is 0 Å². The Morgan fingerprint density at radius 3 is 2.32 bits per heavy atom. The Labute approximate surface area is 197 Å². The number of alkyl halides is 3. The first kappa shape index (κ1) is 25.1. The molecule has 4 nitrogen and oxygen atoms in total. The number of hydrogen-bond donors (Lipinski definition) is 1. The minimum Gasteiger partial charge on any atom is -0.482 e. The summed E-state index contributed by atoms with van der Waals surface area (Å²) < 4.78 is 44.2. The van der Waals surface area contributed by atoms with Crippen LogP contribution in [0.25, 0.3) is 11.1 Å². The summed E-state index contributed by atoms with van der Waals surface area (Å²) in [5, 5.41) is 8.82. The summed E-state index contributed by atoms with van der Waals surface area (Å²) in [6.07, 6.45) is -3.44. The first-order chi connectivity index (χ1) is 16.1. The fraction of sp³-hybridized carbons (Fsp3) is 0.296. The molecule has 34 heavy (non-hydrogen) atoms. The van der Waals surface area contributed by atoms with Gasteiger partial charge in [-0.05, 0) is 72.4 Å². The maximum absolute atomic E-state index is 13.0. The molecule has 180 valence electrons. The summed E-state index contributed by atoms with van der Waals surface area (Å²) in [5.74, 6) is -0.491. The molecule has 3 rings (SSSR count). The molecule has 0 saturated heterocycles. The van der Waals surface area contributed by atoms with E-state index in [1.165, 1.54) is 12.1 Å². The van der Waals surface area contributed by atoms with Gasteiger partial charge in [0.25, 0.3) is 0 Å². The van der Waals surface area contributed by atoms with Gasteiger partial charge in [0.2, 0.25) is 0 Å². The third kappa shape index (κ3) is 6.10. The first-order valence-corrected chi connectivity index (χ1v) is 11.1. The highest BCUT2D eigenvalue weighted by Crippen LogP contribution is 2.35. The van der Waals surface area contributed by atoms with Gasteiger partial charge in [-0.3, -0.25) is 0 Å². The quantitative estimate of drug-likeness (QED) is 0.370. The van der Waals surface area contributed by atoms with Gasteiger partial charge in [-0.25, -0.2) is 4.79 Å². The molecule has 3 aromatic rings. The average molecular weight is 472 g/mol. The van der Waals surface area contributed by atoms with Crippen LogP contribution in [-0.4, -0.2) is 24.2 Å². The molecule has 3 aromatic carbocycles. The summed E-state index contributed by atoms with van der Waals surface area (Å²) in [4.78, 5) is 13.0. The Hall–Kier alpha value is -3.48. The number of halogens is 3. The number of benzene rings is 3. The van der Waals surface area contributed by atoms with Crippen LogP contribution in [0.5, 0.6) is 5.75 Å². The van der Waals surface area contributed by atoms with E-state index in [1.54, 1.807) is 6.07 Å². The van der Waals surface area contributed by atoms with Crippen LogP contribution in [0, 0.1) is 13.8 Å². The van der Waals surface area contributed by atoms with Gasteiger partial charge in [-0.2, -0.15) is 13.2 Å². The lowest BCUT2D eigenvalue weighted by Crippen LogP contribution is -2.24. The predicted octanol–water partition coefficient (Wildman–Crippen LogP) is 6.87. The van der Waals surface area contributed by atoms with Gasteiger partial charge in [0.1, 0.15) is 5.75 Å². The summed E-state index contributed by atoms with van der Waals surface area (Å²) in [6.45, 7) is 6.99. The molecule has 0 atom stereocenters. The van der Waals surface area contributed by atoms with Crippen LogP contribution in [0.15, 0.2) is 60.7 Å². The minimum absolute atomic E-state index is 0.391. The van der Waals surface area contributed by atoms with Gasteiger partial charge >= 0.3 is 12.1 Å². The van der Waals surface area contributed by atoms with Gasteiger partial charge < -0.3 is 14.7 Å². The molecule has 0 bridgehead atoms. The number of nitrogens with zero attached hydrogens (tertiary/aromatic N) is 1. The Kier molecular flexibility index (Phi) is 7.87. The number of aryl methyl sites for hydroxylation is 1. The molecule has 7 heteroatoms. The molecule has 0 aromatic heterocycles. The molecular formula is C27H28F3NO3. The highest BCUT2D eigenvalue weighted by molar-refractivity contribution is 5.74. The minimum atomic E-state index is -4.36. The fourth-order valence-corrected chi connectivity index (χ4v) is 4.00. The highest BCUT2D eigenvalue weighted by atomic mass is 19.4. The predicted molar refractivity (Wildman–Crippen MR) is 127 cm³/mol. The van der Waals surface area contributed by atoms with E-state index in [1.807, 2.05) is 44.2 Å². The lowest BCUT2D eigenvalue weighted by molar-refractivity contribution is -0.139. The smallest absolute Gasteiger partial charge is 0.416 e. The van der Waals surface area contributed by atoms with Crippen LogP contribution >= 0.6 is 0 Å². The zero-order valence-electron chi connectivity index (χ0n) is 19.4. The Morgan fingerprint density at radius 2 is 1.74 bits per heavy atom. The van der Waals surface area contributed by atoms with Crippen molar-refractivity contribution in [1.29, 1.82) is 0 Å². The van der Waals surface area contributed by atoms with E-state index in [-0.39, 0.29) is 0 Å². The van der Waals surface area contributed by atoms with Gasteiger partial charge in [-0.15, -0.1) is 0 Å². The monoisotopic (exact) mass is 471 g/mol. The van der Waals surface area contributed by atoms with E-state index in [0.29, 0.717) is 12.3 Å². The molecule has 0 unspecified atom stereocenters. The lowest BCUT2D eigenvalue weighted by atomic mass is 9.97. The lowest BCUT2D eigenvalue weighted by Gasteiger charge is -2.28. The summed E-state index contributed by atoms with van der Waals surface area (Å²) in [6, 6.07) is 16.8. The van der Waals surface area contributed by atoms with E-state index in [9.17, 15) is 18.0 Å². The van der Waals surface area contributed by atoms with E-state index >= 15 is 0 Å². The molecule has 0 aliphatic rings. The molecule has 1 N–H and O–H groups in total. The number of rotatable bonds is 9. The van der Waals surface area contributed by atoms with Gasteiger partial charge in [0.05, 0.1) is 5.56 Å². The van der Waals surface area contributed by atoms with Crippen molar-refractivity contribution in [2.75, 3.05) is 18.1 Å². The molecule has 0 aliphatic heterocycles.